The van der Waals surface area contributed by atoms with Crippen LogP contribution in [0.25, 0.3) is 0 Å². The standard InChI is InChI=1S/C11H13F2NO/c1-15-9-4-8(5-9)14-7-2-3-10(12)11(13)6-7/h2-3,6,8-9,14H,4-5H2,1H3. The van der Waals surface area contributed by atoms with E-state index in [1.807, 2.05) is 0 Å². The number of anilines is 1. The van der Waals surface area contributed by atoms with Gasteiger partial charge >= 0.3 is 0 Å². The SMILES string of the molecule is COC1CC(Nc2ccc(F)c(F)c2)C1. The molecule has 0 heterocycles. The highest BCUT2D eigenvalue weighted by molar-refractivity contribution is 5.44. The molecule has 1 aromatic rings. The molecule has 0 bridgehead atoms. The maximum atomic E-state index is 12.9. The monoisotopic (exact) mass is 213 g/mol. The second kappa shape index (κ2) is 4.14. The smallest absolute Gasteiger partial charge is 0.160 e. The Morgan fingerprint density at radius 3 is 2.60 bits per heavy atom. The van der Waals surface area contributed by atoms with Crippen molar-refractivity contribution in [3.63, 3.8) is 0 Å². The van der Waals surface area contributed by atoms with Crippen molar-refractivity contribution in [2.45, 2.75) is 25.0 Å². The van der Waals surface area contributed by atoms with E-state index in [2.05, 4.69) is 5.32 Å². The van der Waals surface area contributed by atoms with E-state index in [4.69, 9.17) is 4.74 Å². The van der Waals surface area contributed by atoms with E-state index in [1.165, 1.54) is 6.07 Å². The van der Waals surface area contributed by atoms with Gasteiger partial charge in [0.15, 0.2) is 11.6 Å². The van der Waals surface area contributed by atoms with Crippen LogP contribution in [0.4, 0.5) is 14.5 Å². The van der Waals surface area contributed by atoms with Gasteiger partial charge in [0.25, 0.3) is 0 Å². The highest BCUT2D eigenvalue weighted by Gasteiger charge is 2.28. The first-order chi connectivity index (χ1) is 7.19. The van der Waals surface area contributed by atoms with E-state index in [1.54, 1.807) is 13.2 Å². The summed E-state index contributed by atoms with van der Waals surface area (Å²) in [4.78, 5) is 0. The van der Waals surface area contributed by atoms with Crippen molar-refractivity contribution in [3.8, 4) is 0 Å². The summed E-state index contributed by atoms with van der Waals surface area (Å²) in [5.74, 6) is -1.63. The first kappa shape index (κ1) is 10.4. The van der Waals surface area contributed by atoms with Gasteiger partial charge in [0.05, 0.1) is 6.10 Å². The lowest BCUT2D eigenvalue weighted by Gasteiger charge is -2.35. The van der Waals surface area contributed by atoms with Crippen molar-refractivity contribution in [3.05, 3.63) is 29.8 Å². The number of hydrogen-bond donors (Lipinski definition) is 1. The fraction of sp³-hybridized carbons (Fsp3) is 0.455. The molecule has 15 heavy (non-hydrogen) atoms. The van der Waals surface area contributed by atoms with Crippen LogP contribution in [0.5, 0.6) is 0 Å². The maximum absolute atomic E-state index is 12.9. The zero-order valence-electron chi connectivity index (χ0n) is 8.47. The number of benzene rings is 1. The van der Waals surface area contributed by atoms with Crippen LogP contribution >= 0.6 is 0 Å². The molecular formula is C11H13F2NO. The molecule has 0 aliphatic heterocycles. The average molecular weight is 213 g/mol. The van der Waals surface area contributed by atoms with Crippen LogP contribution in [-0.2, 0) is 4.74 Å². The van der Waals surface area contributed by atoms with Gasteiger partial charge in [-0.1, -0.05) is 0 Å². The van der Waals surface area contributed by atoms with Gasteiger partial charge in [-0.3, -0.25) is 0 Å². The number of ether oxygens (including phenoxy) is 1. The summed E-state index contributed by atoms with van der Waals surface area (Å²) in [7, 11) is 1.68. The predicted octanol–water partition coefficient (Wildman–Crippen LogP) is 2.55. The Morgan fingerprint density at radius 2 is 2.00 bits per heavy atom. The summed E-state index contributed by atoms with van der Waals surface area (Å²) in [6.07, 6.45) is 2.12. The molecule has 1 aliphatic carbocycles. The Labute approximate surface area is 87.2 Å². The van der Waals surface area contributed by atoms with E-state index in [0.29, 0.717) is 17.8 Å². The lowest BCUT2D eigenvalue weighted by atomic mass is 9.89. The predicted molar refractivity (Wildman–Crippen MR) is 53.8 cm³/mol. The first-order valence-corrected chi connectivity index (χ1v) is 4.93. The van der Waals surface area contributed by atoms with Gasteiger partial charge in [0, 0.05) is 24.9 Å². The fourth-order valence-corrected chi connectivity index (χ4v) is 1.70. The van der Waals surface area contributed by atoms with Crippen LogP contribution < -0.4 is 5.32 Å². The molecule has 0 aromatic heterocycles. The van der Waals surface area contributed by atoms with Crippen LogP contribution in [0.15, 0.2) is 18.2 Å². The fourth-order valence-electron chi connectivity index (χ4n) is 1.70. The van der Waals surface area contributed by atoms with Gasteiger partial charge in [0.2, 0.25) is 0 Å². The summed E-state index contributed by atoms with van der Waals surface area (Å²) < 4.78 is 30.6. The van der Waals surface area contributed by atoms with E-state index in [9.17, 15) is 8.78 Å². The molecule has 1 saturated carbocycles. The molecule has 0 radical (unpaired) electrons. The van der Waals surface area contributed by atoms with Crippen molar-refractivity contribution in [1.29, 1.82) is 0 Å². The minimum atomic E-state index is -0.817. The van der Waals surface area contributed by atoms with Gasteiger partial charge in [-0.15, -0.1) is 0 Å². The molecule has 1 aromatic carbocycles. The van der Waals surface area contributed by atoms with Crippen molar-refractivity contribution >= 4 is 5.69 Å². The minimum Gasteiger partial charge on any atom is -0.382 e. The second-order valence-corrected chi connectivity index (χ2v) is 3.80. The molecule has 0 spiro atoms. The summed E-state index contributed by atoms with van der Waals surface area (Å²) in [5, 5.41) is 3.12. The van der Waals surface area contributed by atoms with Crippen LogP contribution in [0.1, 0.15) is 12.8 Å². The molecule has 0 unspecified atom stereocenters. The third kappa shape index (κ3) is 2.26. The van der Waals surface area contributed by atoms with Crippen LogP contribution in [-0.4, -0.2) is 19.3 Å². The molecule has 1 fully saturated rings. The summed E-state index contributed by atoms with van der Waals surface area (Å²) in [6.45, 7) is 0. The van der Waals surface area contributed by atoms with Gasteiger partial charge in [0.1, 0.15) is 0 Å². The highest BCUT2D eigenvalue weighted by Crippen LogP contribution is 2.26. The maximum Gasteiger partial charge on any atom is 0.160 e. The third-order valence-electron chi connectivity index (χ3n) is 2.72. The van der Waals surface area contributed by atoms with Crippen LogP contribution in [0.3, 0.4) is 0 Å². The Balaban J connectivity index is 1.92. The Morgan fingerprint density at radius 1 is 1.27 bits per heavy atom. The number of rotatable bonds is 3. The molecular weight excluding hydrogens is 200 g/mol. The number of halogens is 2. The summed E-state index contributed by atoms with van der Waals surface area (Å²) in [6, 6.07) is 4.15. The molecule has 1 N–H and O–H groups in total. The summed E-state index contributed by atoms with van der Waals surface area (Å²) >= 11 is 0. The number of hydrogen-bond acceptors (Lipinski definition) is 2. The largest absolute Gasteiger partial charge is 0.382 e. The van der Waals surface area contributed by atoms with Gasteiger partial charge in [-0.05, 0) is 25.0 Å². The van der Waals surface area contributed by atoms with E-state index in [-0.39, 0.29) is 0 Å². The van der Waals surface area contributed by atoms with Crippen molar-refractivity contribution in [2.24, 2.45) is 0 Å². The van der Waals surface area contributed by atoms with Gasteiger partial charge in [-0.25, -0.2) is 8.78 Å². The Hall–Kier alpha value is -1.16. The van der Waals surface area contributed by atoms with Gasteiger partial charge in [-0.2, -0.15) is 0 Å². The Bertz CT molecular complexity index is 350. The molecule has 2 rings (SSSR count). The molecule has 82 valence electrons. The second-order valence-electron chi connectivity index (χ2n) is 3.80. The lowest BCUT2D eigenvalue weighted by Crippen LogP contribution is -2.40. The van der Waals surface area contributed by atoms with E-state index >= 15 is 0 Å². The average Bonchev–Trinajstić information content (AvgIpc) is 2.16. The third-order valence-corrected chi connectivity index (χ3v) is 2.72. The quantitative estimate of drug-likeness (QED) is 0.833. The zero-order chi connectivity index (χ0) is 10.8. The zero-order valence-corrected chi connectivity index (χ0v) is 8.47. The van der Waals surface area contributed by atoms with Crippen molar-refractivity contribution < 1.29 is 13.5 Å². The minimum absolute atomic E-state index is 0.299. The van der Waals surface area contributed by atoms with Crippen molar-refractivity contribution in [1.82, 2.24) is 0 Å². The molecule has 0 atom stereocenters. The molecule has 0 saturated heterocycles. The van der Waals surface area contributed by atoms with Crippen LogP contribution in [0, 0.1) is 11.6 Å². The topological polar surface area (TPSA) is 21.3 Å². The van der Waals surface area contributed by atoms with Gasteiger partial charge < -0.3 is 10.1 Å². The molecule has 1 aliphatic rings. The van der Waals surface area contributed by atoms with E-state index in [0.717, 1.165) is 18.9 Å². The summed E-state index contributed by atoms with van der Waals surface area (Å²) in [5.41, 5.74) is 0.619. The lowest BCUT2D eigenvalue weighted by molar-refractivity contribution is 0.0328. The van der Waals surface area contributed by atoms with Crippen LogP contribution in [0.2, 0.25) is 0 Å². The van der Waals surface area contributed by atoms with Crippen molar-refractivity contribution in [2.75, 3.05) is 12.4 Å². The number of methoxy groups -OCH3 is 1. The molecule has 2 nitrogen and oxygen atoms in total. The molecule has 0 amide bonds. The first-order valence-electron chi connectivity index (χ1n) is 4.93. The van der Waals surface area contributed by atoms with E-state index < -0.39 is 11.6 Å². The normalized spacial score (nSPS) is 24.7. The number of nitrogens with one attached hydrogen (secondary N) is 1. The Kier molecular flexibility index (Phi) is 2.86. The molecule has 4 heteroatoms. The highest BCUT2D eigenvalue weighted by atomic mass is 19.2.